The first-order valence-electron chi connectivity index (χ1n) is 31.4. The molecule has 0 spiro atoms. The number of H-pyrrole nitrogens is 2. The van der Waals surface area contributed by atoms with E-state index in [0.29, 0.717) is 86.6 Å². The van der Waals surface area contributed by atoms with Gasteiger partial charge in [-0.1, -0.05) is 30.3 Å². The van der Waals surface area contributed by atoms with Crippen molar-refractivity contribution in [3.63, 3.8) is 0 Å². The lowest BCUT2D eigenvalue weighted by Crippen LogP contribution is -2.43. The first-order valence-corrected chi connectivity index (χ1v) is 31.4. The van der Waals surface area contributed by atoms with Crippen molar-refractivity contribution in [3.05, 3.63) is 156 Å². The highest BCUT2D eigenvalue weighted by Crippen LogP contribution is 2.30. The third kappa shape index (κ3) is 16.4. The van der Waals surface area contributed by atoms with Crippen LogP contribution in [-0.2, 0) is 41.5 Å². The van der Waals surface area contributed by atoms with Crippen molar-refractivity contribution >= 4 is 80.9 Å². The molecule has 0 bridgehead atoms. The number of anilines is 2. The van der Waals surface area contributed by atoms with E-state index in [0.717, 1.165) is 75.8 Å². The number of likely N-dealkylation sites (tertiary alicyclic amines) is 4. The van der Waals surface area contributed by atoms with E-state index in [2.05, 4.69) is 30.2 Å². The highest BCUT2D eigenvalue weighted by atomic mass is 16.6. The molecule has 4 saturated heterocycles. The van der Waals surface area contributed by atoms with Crippen LogP contribution in [0.2, 0.25) is 0 Å². The van der Waals surface area contributed by atoms with Crippen LogP contribution in [0.5, 0.6) is 0 Å². The van der Waals surface area contributed by atoms with Gasteiger partial charge < -0.3 is 45.4 Å². The number of ether oxygens (including phenoxy) is 2. The predicted octanol–water partition coefficient (Wildman–Crippen LogP) is 10.5. The SMILES string of the molecule is CC(C)(C)OC(=O)N1CCC[C@@H]1C(=O)O.CC(C)(C)OC(=O)N1CCC[C@H]1C(=O)Cc1ccc2nc(-c3ccc(NC(=O)[C@@H]4CCCN4C(=O)c4cccnc4)cc3)[nH]c2c1.Nc1ccc2nc(-c3ccc(CC(=O)[C@@H]4CCCN4C(=O)c4cccnc4)cc3)[nH]c2c1. The Morgan fingerprint density at radius 3 is 1.47 bits per heavy atom. The Hall–Kier alpha value is -10.3. The molecule has 23 heteroatoms. The molecule has 8 heterocycles. The number of carboxylic acid groups (broad SMARTS) is 1. The highest BCUT2D eigenvalue weighted by Gasteiger charge is 2.39. The number of benzene rings is 4. The van der Waals surface area contributed by atoms with E-state index in [4.69, 9.17) is 25.3 Å². The summed E-state index contributed by atoms with van der Waals surface area (Å²) in [5.74, 6) is -0.0399. The fourth-order valence-electron chi connectivity index (χ4n) is 12.0. The second-order valence-corrected chi connectivity index (χ2v) is 25.6. The predicted molar refractivity (Wildman–Crippen MR) is 350 cm³/mol. The molecule has 4 aliphatic rings. The number of fused-ring (bicyclic) bond motifs is 2. The van der Waals surface area contributed by atoms with Gasteiger partial charge in [0.15, 0.2) is 11.6 Å². The van der Waals surface area contributed by atoms with Crippen LogP contribution in [0.15, 0.2) is 134 Å². The van der Waals surface area contributed by atoms with Gasteiger partial charge in [0.1, 0.15) is 34.9 Å². The lowest BCUT2D eigenvalue weighted by molar-refractivity contribution is -0.142. The summed E-state index contributed by atoms with van der Waals surface area (Å²) in [6.45, 7) is 12.8. The van der Waals surface area contributed by atoms with Gasteiger partial charge >= 0.3 is 18.2 Å². The zero-order valence-corrected chi connectivity index (χ0v) is 53.1. The molecular formula is C70H78N12O11. The second-order valence-electron chi connectivity index (χ2n) is 25.6. The van der Waals surface area contributed by atoms with Gasteiger partial charge in [0.2, 0.25) is 5.91 Å². The number of imidazole rings is 2. The van der Waals surface area contributed by atoms with Crippen molar-refractivity contribution < 1.29 is 52.9 Å². The summed E-state index contributed by atoms with van der Waals surface area (Å²) in [5, 5.41) is 11.8. The fraction of sp³-hybridized carbons (Fsp3) is 0.371. The van der Waals surface area contributed by atoms with Crippen molar-refractivity contribution in [2.24, 2.45) is 0 Å². The molecule has 0 saturated carbocycles. The minimum Gasteiger partial charge on any atom is -0.480 e. The standard InChI is InChI=1S/C35H38N6O5.C25H23N5O2.C10H17NO4/c1-35(2,3)46-34(45)41-18-5-8-28(41)30(42)20-22-10-15-26-27(19-22)39-31(38-26)23-11-13-25(14-12-23)37-32(43)29-9-6-17-40(29)33(44)24-7-4-16-36-21-24;26-19-9-10-20-21(14-19)29-24(28-20)17-7-5-16(6-8-17)13-23(31)22-4-2-12-30(22)25(32)18-3-1-11-27-15-18;1-10(2,3)15-9(14)11-6-4-5-7(11)8(12)13/h4,7,10-16,19,21,28-29H,5-6,8-9,17-18,20H2,1-3H3,(H,37,43)(H,38,39);1,3,5-11,14-15,22H,2,4,12-13,26H2,(H,28,29);7H,4-6H2,1-3H3,(H,12,13)/t28-,29-;22-;7-/m001/s1. The van der Waals surface area contributed by atoms with Crippen LogP contribution in [0.4, 0.5) is 21.0 Å². The van der Waals surface area contributed by atoms with Crippen molar-refractivity contribution in [2.75, 3.05) is 37.2 Å². The maximum atomic E-state index is 13.2. The number of rotatable bonds is 13. The maximum Gasteiger partial charge on any atom is 0.411 e. The molecule has 93 heavy (non-hydrogen) atoms. The van der Waals surface area contributed by atoms with Crippen LogP contribution in [0.25, 0.3) is 44.8 Å². The number of ketones is 2. The third-order valence-corrected chi connectivity index (χ3v) is 16.4. The smallest absolute Gasteiger partial charge is 0.411 e. The molecule has 4 aromatic carbocycles. The van der Waals surface area contributed by atoms with Crippen LogP contribution >= 0.6 is 0 Å². The van der Waals surface area contributed by atoms with Crippen molar-refractivity contribution in [1.29, 1.82) is 0 Å². The number of amides is 5. The number of hydrogen-bond donors (Lipinski definition) is 5. The number of pyridine rings is 2. The quantitative estimate of drug-likeness (QED) is 0.0670. The van der Waals surface area contributed by atoms with Gasteiger partial charge in [-0.05, 0) is 183 Å². The van der Waals surface area contributed by atoms with Gasteiger partial charge in [-0.2, -0.15) is 0 Å². The van der Waals surface area contributed by atoms with Crippen LogP contribution in [0, 0.1) is 0 Å². The van der Waals surface area contributed by atoms with E-state index in [1.54, 1.807) is 78.3 Å². The summed E-state index contributed by atoms with van der Waals surface area (Å²) < 4.78 is 10.6. The summed E-state index contributed by atoms with van der Waals surface area (Å²) >= 11 is 0. The van der Waals surface area contributed by atoms with E-state index in [-0.39, 0.29) is 41.8 Å². The molecule has 6 N–H and O–H groups in total. The Labute approximate surface area is 538 Å². The minimum absolute atomic E-state index is 0.0118. The summed E-state index contributed by atoms with van der Waals surface area (Å²) in [5.41, 5.74) is 13.8. The van der Waals surface area contributed by atoms with Crippen molar-refractivity contribution in [3.8, 4) is 22.8 Å². The monoisotopic (exact) mass is 1260 g/mol. The molecule has 23 nitrogen and oxygen atoms in total. The number of carbonyl (C=O) groups excluding carboxylic acids is 7. The van der Waals surface area contributed by atoms with Crippen LogP contribution < -0.4 is 11.1 Å². The topological polar surface area (TPSA) is 309 Å². The number of aromatic amines is 2. The Morgan fingerprint density at radius 1 is 0.538 bits per heavy atom. The number of nitrogens with one attached hydrogen (secondary N) is 3. The van der Waals surface area contributed by atoms with Gasteiger partial charge in [-0.25, -0.2) is 24.4 Å². The van der Waals surface area contributed by atoms with Crippen molar-refractivity contribution in [2.45, 2.75) is 141 Å². The molecule has 484 valence electrons. The highest BCUT2D eigenvalue weighted by molar-refractivity contribution is 6.02. The molecule has 12 rings (SSSR count). The number of Topliss-reactive ketones (excluding diaryl/α,β-unsaturated/α-hetero) is 2. The molecule has 0 radical (unpaired) electrons. The first kappa shape index (κ1) is 65.6. The zero-order valence-electron chi connectivity index (χ0n) is 53.1. The molecule has 5 amide bonds. The molecule has 4 aliphatic heterocycles. The van der Waals surface area contributed by atoms with Gasteiger partial charge in [0, 0.05) is 86.3 Å². The number of hydrogen-bond acceptors (Lipinski definition) is 15. The van der Waals surface area contributed by atoms with Gasteiger partial charge in [-0.3, -0.25) is 43.7 Å². The number of carboxylic acids is 1. The summed E-state index contributed by atoms with van der Waals surface area (Å²) in [6, 6.07) is 31.2. The van der Waals surface area contributed by atoms with E-state index in [9.17, 15) is 38.4 Å². The molecule has 4 aromatic heterocycles. The average molecular weight is 1260 g/mol. The third-order valence-electron chi connectivity index (χ3n) is 16.4. The van der Waals surface area contributed by atoms with E-state index in [1.807, 2.05) is 106 Å². The summed E-state index contributed by atoms with van der Waals surface area (Å²) in [4.78, 5) is 130. The lowest BCUT2D eigenvalue weighted by atomic mass is 10.0. The molecule has 0 aliphatic carbocycles. The van der Waals surface area contributed by atoms with E-state index < -0.39 is 47.5 Å². The average Bonchev–Trinajstić information content (AvgIpc) is 1.80. The van der Waals surface area contributed by atoms with E-state index in [1.165, 1.54) is 11.1 Å². The van der Waals surface area contributed by atoms with Crippen LogP contribution in [-0.4, -0.2) is 164 Å². The molecule has 4 fully saturated rings. The number of aromatic nitrogens is 6. The second kappa shape index (κ2) is 28.5. The molecule has 0 unspecified atom stereocenters. The summed E-state index contributed by atoms with van der Waals surface area (Å²) in [6.07, 6.45) is 11.3. The molecular weight excluding hydrogens is 1180 g/mol. The normalized spacial score (nSPS) is 17.9. The van der Waals surface area contributed by atoms with Gasteiger partial charge in [-0.15, -0.1) is 0 Å². The lowest BCUT2D eigenvalue weighted by Gasteiger charge is -2.28. The fourth-order valence-corrected chi connectivity index (χ4v) is 12.0. The van der Waals surface area contributed by atoms with Crippen LogP contribution in [0.3, 0.4) is 0 Å². The number of nitrogen functional groups attached to an aromatic ring is 1. The minimum atomic E-state index is -0.960. The Kier molecular flexibility index (Phi) is 20.1. The summed E-state index contributed by atoms with van der Waals surface area (Å²) in [7, 11) is 0. The first-order chi connectivity index (χ1) is 44.4. The van der Waals surface area contributed by atoms with Crippen LogP contribution in [0.1, 0.15) is 125 Å². The largest absolute Gasteiger partial charge is 0.480 e. The Balaban J connectivity index is 0.000000173. The van der Waals surface area contributed by atoms with E-state index >= 15 is 0 Å². The number of carbonyl (C=O) groups is 8. The molecule has 4 atom stereocenters. The molecule has 8 aromatic rings. The van der Waals surface area contributed by atoms with Gasteiger partial charge in [0.05, 0.1) is 45.3 Å². The number of nitrogens with two attached hydrogens (primary N) is 1. The Morgan fingerprint density at radius 2 is 0.968 bits per heavy atom. The maximum absolute atomic E-state index is 13.2. The number of aliphatic carboxylic acids is 1. The zero-order chi connectivity index (χ0) is 66.1. The van der Waals surface area contributed by atoms with Crippen molar-refractivity contribution in [1.82, 2.24) is 49.5 Å². The Bertz CT molecular complexity index is 4030. The van der Waals surface area contributed by atoms with Gasteiger partial charge in [0.25, 0.3) is 11.8 Å². The number of nitrogens with zero attached hydrogens (tertiary/aromatic N) is 8.